The first-order valence-corrected chi connectivity index (χ1v) is 9.59. The van der Waals surface area contributed by atoms with Crippen LogP contribution in [0, 0.1) is 5.53 Å². The van der Waals surface area contributed by atoms with Crippen molar-refractivity contribution in [1.82, 2.24) is 9.88 Å². The van der Waals surface area contributed by atoms with E-state index in [4.69, 9.17) is 10.3 Å². The molecule has 1 amide bonds. The number of carbonyl (C=O) groups is 1. The number of fused-ring (bicyclic) bond motifs is 1. The number of benzene rings is 2. The third-order valence-electron chi connectivity index (χ3n) is 4.96. The fraction of sp³-hybridized carbons (Fsp3) is 0.182. The number of aromatic amines is 1. The van der Waals surface area contributed by atoms with Gasteiger partial charge in [0.25, 0.3) is 11.5 Å². The van der Waals surface area contributed by atoms with Gasteiger partial charge in [-0.25, -0.2) is 5.53 Å². The Labute approximate surface area is 172 Å². The van der Waals surface area contributed by atoms with Gasteiger partial charge in [-0.15, -0.1) is 0 Å². The molecule has 2 aromatic carbocycles. The lowest BCUT2D eigenvalue weighted by Crippen LogP contribution is -2.40. The van der Waals surface area contributed by atoms with Crippen LogP contribution in [-0.4, -0.2) is 42.1 Å². The van der Waals surface area contributed by atoms with Crippen LogP contribution in [0.25, 0.3) is 16.6 Å². The highest BCUT2D eigenvalue weighted by atomic mass is 16.5. The molecule has 1 fully saturated rings. The summed E-state index contributed by atoms with van der Waals surface area (Å²) in [7, 11) is 0. The Morgan fingerprint density at radius 2 is 1.87 bits per heavy atom. The Bertz CT molecular complexity index is 1160. The van der Waals surface area contributed by atoms with Gasteiger partial charge in [-0.05, 0) is 41.8 Å². The molecule has 1 aliphatic heterocycles. The first-order chi connectivity index (χ1) is 14.7. The molecule has 0 saturated carbocycles. The number of aromatic nitrogens is 1. The van der Waals surface area contributed by atoms with E-state index in [1.54, 1.807) is 35.2 Å². The van der Waals surface area contributed by atoms with Gasteiger partial charge in [0.2, 0.25) is 0 Å². The Morgan fingerprint density at radius 1 is 1.13 bits per heavy atom. The van der Waals surface area contributed by atoms with Crippen molar-refractivity contribution in [2.24, 2.45) is 5.11 Å². The molecule has 3 N–H and O–H groups in total. The standard InChI is InChI=1S/C22H21N5O3/c23-26-20(18-13-16-3-1-2-4-19(16)25-21(18)28)14-24-17-7-5-15(6-8-17)22(29)27-9-11-30-12-10-27/h1-8,13-14,23-24H,9-12H2,(H,25,28)/b20-14-,26-23?. The average molecular weight is 403 g/mol. The minimum atomic E-state index is -0.316. The lowest BCUT2D eigenvalue weighted by atomic mass is 10.1. The zero-order valence-corrected chi connectivity index (χ0v) is 16.2. The molecule has 8 heteroatoms. The predicted molar refractivity (Wildman–Crippen MR) is 114 cm³/mol. The van der Waals surface area contributed by atoms with Gasteiger partial charge in [-0.2, -0.15) is 5.11 Å². The maximum Gasteiger partial charge on any atom is 0.258 e. The summed E-state index contributed by atoms with van der Waals surface area (Å²) in [5, 5.41) is 7.40. The predicted octanol–water partition coefficient (Wildman–Crippen LogP) is 3.44. The van der Waals surface area contributed by atoms with Crippen LogP contribution in [0.15, 0.2) is 70.7 Å². The summed E-state index contributed by atoms with van der Waals surface area (Å²) >= 11 is 0. The summed E-state index contributed by atoms with van der Waals surface area (Å²) < 4.78 is 5.28. The van der Waals surface area contributed by atoms with E-state index in [9.17, 15) is 9.59 Å². The summed E-state index contributed by atoms with van der Waals surface area (Å²) in [6, 6.07) is 16.2. The largest absolute Gasteiger partial charge is 0.378 e. The Balaban J connectivity index is 1.52. The Morgan fingerprint density at radius 3 is 2.60 bits per heavy atom. The fourth-order valence-electron chi connectivity index (χ4n) is 3.32. The minimum absolute atomic E-state index is 0.0232. The summed E-state index contributed by atoms with van der Waals surface area (Å²) in [5.41, 5.74) is 9.71. The van der Waals surface area contributed by atoms with Crippen LogP contribution in [0.2, 0.25) is 0 Å². The number of para-hydroxylation sites is 1. The molecular formula is C22H21N5O3. The van der Waals surface area contributed by atoms with E-state index in [0.29, 0.717) is 43.1 Å². The third-order valence-corrected chi connectivity index (χ3v) is 4.96. The van der Waals surface area contributed by atoms with E-state index in [1.165, 1.54) is 6.20 Å². The molecular weight excluding hydrogens is 382 g/mol. The maximum atomic E-state index is 12.5. The van der Waals surface area contributed by atoms with E-state index in [-0.39, 0.29) is 17.2 Å². The van der Waals surface area contributed by atoms with E-state index in [2.05, 4.69) is 15.4 Å². The monoisotopic (exact) mass is 403 g/mol. The van der Waals surface area contributed by atoms with Crippen molar-refractivity contribution in [2.45, 2.75) is 0 Å². The van der Waals surface area contributed by atoms with Crippen LogP contribution in [0.3, 0.4) is 0 Å². The molecule has 1 aliphatic rings. The van der Waals surface area contributed by atoms with E-state index in [0.717, 1.165) is 10.9 Å². The topological polar surface area (TPSA) is 111 Å². The number of hydrogen-bond acceptors (Lipinski definition) is 6. The first kappa shape index (κ1) is 19.5. The van der Waals surface area contributed by atoms with Crippen LogP contribution in [0.5, 0.6) is 0 Å². The molecule has 1 saturated heterocycles. The molecule has 3 aromatic rings. The van der Waals surface area contributed by atoms with Gasteiger partial charge >= 0.3 is 0 Å². The van der Waals surface area contributed by atoms with Crippen LogP contribution in [-0.2, 0) is 4.74 Å². The second-order valence-corrected chi connectivity index (χ2v) is 6.87. The summed E-state index contributed by atoms with van der Waals surface area (Å²) in [4.78, 5) is 29.5. The molecule has 0 radical (unpaired) electrons. The van der Waals surface area contributed by atoms with Gasteiger partial charge in [0.05, 0.1) is 18.8 Å². The highest BCUT2D eigenvalue weighted by molar-refractivity contribution is 5.94. The molecule has 0 aliphatic carbocycles. The van der Waals surface area contributed by atoms with Crippen molar-refractivity contribution in [1.29, 1.82) is 5.53 Å². The van der Waals surface area contributed by atoms with Crippen molar-refractivity contribution in [3.8, 4) is 0 Å². The third kappa shape index (κ3) is 4.13. The summed E-state index contributed by atoms with van der Waals surface area (Å²) in [6.45, 7) is 2.30. The molecule has 2 heterocycles. The van der Waals surface area contributed by atoms with Gasteiger partial charge < -0.3 is 19.9 Å². The van der Waals surface area contributed by atoms with E-state index in [1.807, 2.05) is 24.3 Å². The molecule has 30 heavy (non-hydrogen) atoms. The molecule has 0 bridgehead atoms. The summed E-state index contributed by atoms with van der Waals surface area (Å²) in [6.07, 6.45) is 1.51. The highest BCUT2D eigenvalue weighted by Gasteiger charge is 2.18. The molecule has 4 rings (SSSR count). The normalized spacial score (nSPS) is 14.5. The molecule has 1 aromatic heterocycles. The molecule has 152 valence electrons. The first-order valence-electron chi connectivity index (χ1n) is 9.59. The van der Waals surface area contributed by atoms with E-state index >= 15 is 0 Å². The number of pyridine rings is 1. The fourth-order valence-corrected chi connectivity index (χ4v) is 3.32. The number of amides is 1. The number of H-pyrrole nitrogens is 1. The van der Waals surface area contributed by atoms with Crippen LogP contribution in [0.1, 0.15) is 15.9 Å². The molecule has 0 atom stereocenters. The SMILES string of the molecule is N=N/C(=C\Nc1ccc(C(=O)N2CCOCC2)cc1)c1cc2ccccc2[nH]c1=O. The number of nitrogens with one attached hydrogen (secondary N) is 3. The average Bonchev–Trinajstić information content (AvgIpc) is 2.80. The van der Waals surface area contributed by atoms with Crippen LogP contribution < -0.4 is 10.9 Å². The van der Waals surface area contributed by atoms with Gasteiger partial charge in [-0.1, -0.05) is 18.2 Å². The number of carbonyl (C=O) groups excluding carboxylic acids is 1. The number of anilines is 1. The van der Waals surface area contributed by atoms with Crippen LogP contribution in [0.4, 0.5) is 5.69 Å². The van der Waals surface area contributed by atoms with Crippen molar-refractivity contribution < 1.29 is 9.53 Å². The van der Waals surface area contributed by atoms with Gasteiger partial charge in [0.15, 0.2) is 0 Å². The number of rotatable bonds is 5. The van der Waals surface area contributed by atoms with Crippen molar-refractivity contribution >= 4 is 28.2 Å². The zero-order chi connectivity index (χ0) is 20.9. The maximum absolute atomic E-state index is 12.5. The Kier molecular flexibility index (Phi) is 5.67. The second-order valence-electron chi connectivity index (χ2n) is 6.87. The number of ether oxygens (including phenoxy) is 1. The van der Waals surface area contributed by atoms with Gasteiger partial charge in [0.1, 0.15) is 5.70 Å². The molecule has 0 unspecified atom stereocenters. The number of hydrogen-bond donors (Lipinski definition) is 3. The molecule has 0 spiro atoms. The second kappa shape index (κ2) is 8.71. The Hall–Kier alpha value is -3.78. The zero-order valence-electron chi connectivity index (χ0n) is 16.2. The highest BCUT2D eigenvalue weighted by Crippen LogP contribution is 2.18. The lowest BCUT2D eigenvalue weighted by molar-refractivity contribution is 0.0303. The van der Waals surface area contributed by atoms with Crippen molar-refractivity contribution in [3.63, 3.8) is 0 Å². The number of morpholine rings is 1. The van der Waals surface area contributed by atoms with Crippen molar-refractivity contribution in [3.05, 3.63) is 82.3 Å². The van der Waals surface area contributed by atoms with Crippen LogP contribution >= 0.6 is 0 Å². The van der Waals surface area contributed by atoms with E-state index < -0.39 is 0 Å². The molecule has 8 nitrogen and oxygen atoms in total. The van der Waals surface area contributed by atoms with Gasteiger partial charge in [-0.3, -0.25) is 9.59 Å². The lowest BCUT2D eigenvalue weighted by Gasteiger charge is -2.26. The van der Waals surface area contributed by atoms with Crippen molar-refractivity contribution in [2.75, 3.05) is 31.6 Å². The van der Waals surface area contributed by atoms with Gasteiger partial charge in [0, 0.05) is 36.1 Å². The smallest absolute Gasteiger partial charge is 0.258 e. The quantitative estimate of drug-likeness (QED) is 0.567. The minimum Gasteiger partial charge on any atom is -0.378 e. The number of nitrogens with zero attached hydrogens (tertiary/aromatic N) is 2. The summed E-state index contributed by atoms with van der Waals surface area (Å²) in [5.74, 6) is -0.0232.